The Kier molecular flexibility index (Phi) is 4.95. The number of likely N-dealkylation sites (tertiary alicyclic amines) is 1. The van der Waals surface area contributed by atoms with E-state index in [1.807, 2.05) is 13.0 Å². The summed E-state index contributed by atoms with van der Waals surface area (Å²) in [6.45, 7) is 9.84. The third-order valence-electron chi connectivity index (χ3n) is 5.60. The zero-order chi connectivity index (χ0) is 16.4. The largest absolute Gasteiger partial charge is 0.465 e. The van der Waals surface area contributed by atoms with E-state index in [0.29, 0.717) is 6.10 Å². The number of nitrogens with zero attached hydrogens (tertiary/aromatic N) is 2. The van der Waals surface area contributed by atoms with Gasteiger partial charge in [0, 0.05) is 19.6 Å². The lowest BCUT2D eigenvalue weighted by molar-refractivity contribution is -0.0916. The van der Waals surface area contributed by atoms with E-state index in [4.69, 9.17) is 13.9 Å². The zero-order valence-corrected chi connectivity index (χ0v) is 14.8. The average molecular weight is 334 g/mol. The van der Waals surface area contributed by atoms with E-state index >= 15 is 0 Å². The second-order valence-corrected chi connectivity index (χ2v) is 7.74. The van der Waals surface area contributed by atoms with E-state index in [-0.39, 0.29) is 5.60 Å². The summed E-state index contributed by atoms with van der Waals surface area (Å²) in [4.78, 5) is 4.99. The van der Waals surface area contributed by atoms with Crippen molar-refractivity contribution in [2.45, 2.75) is 50.9 Å². The summed E-state index contributed by atoms with van der Waals surface area (Å²) in [6, 6.07) is 4.12. The maximum Gasteiger partial charge on any atom is 0.118 e. The maximum atomic E-state index is 6.57. The van der Waals surface area contributed by atoms with E-state index in [9.17, 15) is 0 Å². The van der Waals surface area contributed by atoms with Crippen molar-refractivity contribution in [2.24, 2.45) is 0 Å². The van der Waals surface area contributed by atoms with Crippen molar-refractivity contribution in [3.63, 3.8) is 0 Å². The molecular weight excluding hydrogens is 304 g/mol. The Hall–Kier alpha value is -0.880. The molecule has 4 rings (SSSR count). The number of ether oxygens (including phenoxy) is 2. The van der Waals surface area contributed by atoms with Gasteiger partial charge in [0.05, 0.1) is 25.9 Å². The van der Waals surface area contributed by atoms with Gasteiger partial charge in [-0.3, -0.25) is 4.90 Å². The standard InChI is InChI=1S/C19H30N2O3/c1-16-4-5-17(23-16)12-21-10-11-22-15-19(14-21)7-6-18(24-19)13-20-8-2-3-9-20/h4-5,18H,2-3,6-15H2,1H3/t18-,19+/m1/s1. The molecule has 0 aliphatic carbocycles. The first kappa shape index (κ1) is 16.6. The van der Waals surface area contributed by atoms with Gasteiger partial charge < -0.3 is 18.8 Å². The molecule has 2 atom stereocenters. The molecule has 0 aromatic carbocycles. The lowest BCUT2D eigenvalue weighted by Gasteiger charge is -2.32. The van der Waals surface area contributed by atoms with E-state index in [2.05, 4.69) is 15.9 Å². The fourth-order valence-corrected chi connectivity index (χ4v) is 4.41. The van der Waals surface area contributed by atoms with Crippen molar-refractivity contribution in [2.75, 3.05) is 45.9 Å². The predicted molar refractivity (Wildman–Crippen MR) is 92.1 cm³/mol. The SMILES string of the molecule is Cc1ccc(CN2CCOC[C@]3(CC[C@H](CN4CCCC4)O3)C2)o1. The van der Waals surface area contributed by atoms with Crippen LogP contribution in [0.3, 0.4) is 0 Å². The fraction of sp³-hybridized carbons (Fsp3) is 0.789. The number of aryl methyl sites for hydroxylation is 1. The minimum Gasteiger partial charge on any atom is -0.465 e. The number of hydrogen-bond donors (Lipinski definition) is 0. The topological polar surface area (TPSA) is 38.1 Å². The highest BCUT2D eigenvalue weighted by molar-refractivity contribution is 5.06. The minimum absolute atomic E-state index is 0.122. The molecule has 0 N–H and O–H groups in total. The van der Waals surface area contributed by atoms with Crippen LogP contribution in [0.5, 0.6) is 0 Å². The average Bonchev–Trinajstić information content (AvgIpc) is 3.25. The van der Waals surface area contributed by atoms with Crippen LogP contribution < -0.4 is 0 Å². The lowest BCUT2D eigenvalue weighted by Crippen LogP contribution is -2.45. The third-order valence-corrected chi connectivity index (χ3v) is 5.60. The smallest absolute Gasteiger partial charge is 0.118 e. The summed E-state index contributed by atoms with van der Waals surface area (Å²) >= 11 is 0. The monoisotopic (exact) mass is 334 g/mol. The van der Waals surface area contributed by atoms with Crippen molar-refractivity contribution in [3.05, 3.63) is 23.7 Å². The second kappa shape index (κ2) is 7.16. The van der Waals surface area contributed by atoms with Crippen LogP contribution in [-0.2, 0) is 16.0 Å². The van der Waals surface area contributed by atoms with Gasteiger partial charge in [-0.05, 0) is 57.8 Å². The molecule has 3 aliphatic rings. The molecule has 5 heteroatoms. The quantitative estimate of drug-likeness (QED) is 0.845. The van der Waals surface area contributed by atoms with Crippen LogP contribution in [0.1, 0.15) is 37.2 Å². The Balaban J connectivity index is 1.36. The third kappa shape index (κ3) is 3.85. The van der Waals surface area contributed by atoms with Crippen LogP contribution in [0.15, 0.2) is 16.5 Å². The van der Waals surface area contributed by atoms with Crippen LogP contribution >= 0.6 is 0 Å². The summed E-state index contributed by atoms with van der Waals surface area (Å²) in [5.41, 5.74) is -0.122. The highest BCUT2D eigenvalue weighted by atomic mass is 16.6. The summed E-state index contributed by atoms with van der Waals surface area (Å²) in [5.74, 6) is 2.02. The predicted octanol–water partition coefficient (Wildman–Crippen LogP) is 2.43. The Morgan fingerprint density at radius 3 is 2.83 bits per heavy atom. The van der Waals surface area contributed by atoms with E-state index in [1.54, 1.807) is 0 Å². The number of rotatable bonds is 4. The Morgan fingerprint density at radius 2 is 2.04 bits per heavy atom. The van der Waals surface area contributed by atoms with Crippen molar-refractivity contribution in [3.8, 4) is 0 Å². The molecule has 1 aromatic heterocycles. The molecule has 4 heterocycles. The van der Waals surface area contributed by atoms with Crippen molar-refractivity contribution >= 4 is 0 Å². The molecule has 3 fully saturated rings. The van der Waals surface area contributed by atoms with Gasteiger partial charge in [-0.15, -0.1) is 0 Å². The zero-order valence-electron chi connectivity index (χ0n) is 14.8. The van der Waals surface area contributed by atoms with Gasteiger partial charge in [0.2, 0.25) is 0 Å². The molecule has 1 spiro atoms. The maximum absolute atomic E-state index is 6.57. The van der Waals surface area contributed by atoms with Gasteiger partial charge in [0.15, 0.2) is 0 Å². The van der Waals surface area contributed by atoms with Crippen LogP contribution in [0.4, 0.5) is 0 Å². The summed E-state index contributed by atoms with van der Waals surface area (Å²) in [5, 5.41) is 0. The molecule has 5 nitrogen and oxygen atoms in total. The normalized spacial score (nSPS) is 32.6. The summed E-state index contributed by atoms with van der Waals surface area (Å²) < 4.78 is 18.2. The number of hydrogen-bond acceptors (Lipinski definition) is 5. The summed E-state index contributed by atoms with van der Waals surface area (Å²) in [6.07, 6.45) is 5.33. The Morgan fingerprint density at radius 1 is 1.17 bits per heavy atom. The van der Waals surface area contributed by atoms with Crippen LogP contribution in [-0.4, -0.2) is 67.4 Å². The van der Waals surface area contributed by atoms with Gasteiger partial charge in [-0.1, -0.05) is 0 Å². The van der Waals surface area contributed by atoms with Gasteiger partial charge in [-0.25, -0.2) is 0 Å². The molecule has 0 unspecified atom stereocenters. The van der Waals surface area contributed by atoms with E-state index in [0.717, 1.165) is 63.8 Å². The van der Waals surface area contributed by atoms with Crippen molar-refractivity contribution in [1.82, 2.24) is 9.80 Å². The van der Waals surface area contributed by atoms with Crippen molar-refractivity contribution in [1.29, 1.82) is 0 Å². The molecule has 0 amide bonds. The first-order chi connectivity index (χ1) is 11.7. The Labute approximate surface area is 144 Å². The highest BCUT2D eigenvalue weighted by Gasteiger charge is 2.43. The lowest BCUT2D eigenvalue weighted by atomic mass is 10.00. The molecule has 0 saturated carbocycles. The molecule has 0 bridgehead atoms. The number of furan rings is 1. The fourth-order valence-electron chi connectivity index (χ4n) is 4.41. The first-order valence-corrected chi connectivity index (χ1v) is 9.46. The van der Waals surface area contributed by atoms with Gasteiger partial charge in [-0.2, -0.15) is 0 Å². The molecule has 3 saturated heterocycles. The molecule has 134 valence electrons. The molecule has 24 heavy (non-hydrogen) atoms. The van der Waals surface area contributed by atoms with Gasteiger partial charge in [0.25, 0.3) is 0 Å². The highest BCUT2D eigenvalue weighted by Crippen LogP contribution is 2.34. The van der Waals surface area contributed by atoms with Gasteiger partial charge >= 0.3 is 0 Å². The molecule has 1 aromatic rings. The van der Waals surface area contributed by atoms with E-state index < -0.39 is 0 Å². The van der Waals surface area contributed by atoms with Crippen LogP contribution in [0, 0.1) is 6.92 Å². The first-order valence-electron chi connectivity index (χ1n) is 9.46. The molecular formula is C19H30N2O3. The molecule has 3 aliphatic heterocycles. The van der Waals surface area contributed by atoms with E-state index in [1.165, 1.54) is 25.9 Å². The summed E-state index contributed by atoms with van der Waals surface area (Å²) in [7, 11) is 0. The van der Waals surface area contributed by atoms with Crippen LogP contribution in [0.2, 0.25) is 0 Å². The Bertz CT molecular complexity index is 540. The molecule has 0 radical (unpaired) electrons. The van der Waals surface area contributed by atoms with Crippen LogP contribution in [0.25, 0.3) is 0 Å². The van der Waals surface area contributed by atoms with Crippen molar-refractivity contribution < 1.29 is 13.9 Å². The van der Waals surface area contributed by atoms with Gasteiger partial charge in [0.1, 0.15) is 17.1 Å². The minimum atomic E-state index is -0.122. The second-order valence-electron chi connectivity index (χ2n) is 7.74.